The number of nitrogen functional groups attached to an aromatic ring is 1. The number of anilines is 2. The number of aryl methyl sites for hydroxylation is 1. The molecule has 0 amide bonds. The zero-order valence-electron chi connectivity index (χ0n) is 9.53. The SMILES string of the molecule is Cc1ccc(C(C)Nc2ccc(N)cc2)o1. The summed E-state index contributed by atoms with van der Waals surface area (Å²) in [5.74, 6) is 1.87. The minimum atomic E-state index is 0.150. The van der Waals surface area contributed by atoms with Crippen molar-refractivity contribution < 1.29 is 4.42 Å². The van der Waals surface area contributed by atoms with Crippen molar-refractivity contribution in [2.75, 3.05) is 11.1 Å². The fraction of sp³-hybridized carbons (Fsp3) is 0.231. The molecule has 0 aliphatic heterocycles. The zero-order valence-corrected chi connectivity index (χ0v) is 9.53. The second-order valence-corrected chi connectivity index (χ2v) is 3.94. The van der Waals surface area contributed by atoms with Gasteiger partial charge in [0.15, 0.2) is 0 Å². The number of rotatable bonds is 3. The van der Waals surface area contributed by atoms with E-state index in [4.69, 9.17) is 10.2 Å². The molecule has 0 radical (unpaired) electrons. The maximum Gasteiger partial charge on any atom is 0.126 e. The van der Waals surface area contributed by atoms with Crippen LogP contribution in [0.4, 0.5) is 11.4 Å². The third-order valence-electron chi connectivity index (χ3n) is 2.48. The Labute approximate surface area is 95.3 Å². The van der Waals surface area contributed by atoms with Crippen LogP contribution in [0.5, 0.6) is 0 Å². The predicted octanol–water partition coefficient (Wildman–Crippen LogP) is 3.34. The highest BCUT2D eigenvalue weighted by atomic mass is 16.3. The van der Waals surface area contributed by atoms with Crippen molar-refractivity contribution in [3.8, 4) is 0 Å². The van der Waals surface area contributed by atoms with E-state index in [0.29, 0.717) is 0 Å². The lowest BCUT2D eigenvalue weighted by Crippen LogP contribution is -2.05. The Kier molecular flexibility index (Phi) is 2.86. The molecule has 0 spiro atoms. The molecule has 0 saturated heterocycles. The van der Waals surface area contributed by atoms with Gasteiger partial charge in [0.05, 0.1) is 6.04 Å². The van der Waals surface area contributed by atoms with Crippen molar-refractivity contribution in [1.82, 2.24) is 0 Å². The van der Waals surface area contributed by atoms with E-state index in [9.17, 15) is 0 Å². The number of benzene rings is 1. The van der Waals surface area contributed by atoms with Gasteiger partial charge in [-0.3, -0.25) is 0 Å². The summed E-state index contributed by atoms with van der Waals surface area (Å²) in [7, 11) is 0. The molecule has 0 saturated carbocycles. The average molecular weight is 216 g/mol. The molecule has 84 valence electrons. The molecule has 2 rings (SSSR count). The third kappa shape index (κ3) is 2.37. The van der Waals surface area contributed by atoms with Crippen LogP contribution >= 0.6 is 0 Å². The van der Waals surface area contributed by atoms with E-state index in [1.807, 2.05) is 43.3 Å². The van der Waals surface area contributed by atoms with Crippen molar-refractivity contribution in [1.29, 1.82) is 0 Å². The van der Waals surface area contributed by atoms with Crippen LogP contribution in [0, 0.1) is 6.92 Å². The molecule has 0 bridgehead atoms. The molecule has 2 aromatic rings. The summed E-state index contributed by atoms with van der Waals surface area (Å²) in [4.78, 5) is 0. The van der Waals surface area contributed by atoms with Crippen molar-refractivity contribution in [3.05, 3.63) is 47.9 Å². The molecule has 1 aromatic carbocycles. The van der Waals surface area contributed by atoms with Gasteiger partial charge in [-0.1, -0.05) is 0 Å². The van der Waals surface area contributed by atoms with Gasteiger partial charge in [-0.2, -0.15) is 0 Å². The van der Waals surface area contributed by atoms with Gasteiger partial charge in [0, 0.05) is 11.4 Å². The smallest absolute Gasteiger partial charge is 0.126 e. The summed E-state index contributed by atoms with van der Waals surface area (Å²) < 4.78 is 5.55. The van der Waals surface area contributed by atoms with Gasteiger partial charge in [-0.15, -0.1) is 0 Å². The largest absolute Gasteiger partial charge is 0.464 e. The molecular formula is C13H16N2O. The summed E-state index contributed by atoms with van der Waals surface area (Å²) in [5, 5.41) is 3.35. The maximum absolute atomic E-state index is 5.63. The molecule has 0 fully saturated rings. The lowest BCUT2D eigenvalue weighted by atomic mass is 10.2. The molecule has 1 atom stereocenters. The number of nitrogens with two attached hydrogens (primary N) is 1. The fourth-order valence-electron chi connectivity index (χ4n) is 1.59. The lowest BCUT2D eigenvalue weighted by molar-refractivity contribution is 0.467. The number of furan rings is 1. The predicted molar refractivity (Wildman–Crippen MR) is 66.3 cm³/mol. The van der Waals surface area contributed by atoms with E-state index >= 15 is 0 Å². The first kappa shape index (κ1) is 10.6. The van der Waals surface area contributed by atoms with E-state index in [1.54, 1.807) is 0 Å². The molecule has 3 heteroatoms. The highest BCUT2D eigenvalue weighted by molar-refractivity contribution is 5.51. The van der Waals surface area contributed by atoms with E-state index in [-0.39, 0.29) is 6.04 Å². The molecule has 3 nitrogen and oxygen atoms in total. The Morgan fingerprint density at radius 2 is 1.81 bits per heavy atom. The maximum atomic E-state index is 5.63. The van der Waals surface area contributed by atoms with Crippen LogP contribution in [0.3, 0.4) is 0 Å². The fourth-order valence-corrected chi connectivity index (χ4v) is 1.59. The van der Waals surface area contributed by atoms with Gasteiger partial charge in [0.2, 0.25) is 0 Å². The van der Waals surface area contributed by atoms with E-state index in [2.05, 4.69) is 12.2 Å². The first-order chi connectivity index (χ1) is 7.65. The van der Waals surface area contributed by atoms with E-state index in [0.717, 1.165) is 22.9 Å². The summed E-state index contributed by atoms with van der Waals surface area (Å²) in [6.45, 7) is 4.01. The molecule has 1 unspecified atom stereocenters. The van der Waals surface area contributed by atoms with E-state index in [1.165, 1.54) is 0 Å². The molecule has 0 aliphatic carbocycles. The van der Waals surface area contributed by atoms with Gasteiger partial charge in [0.1, 0.15) is 11.5 Å². The van der Waals surface area contributed by atoms with Crippen LogP contribution in [0.15, 0.2) is 40.8 Å². The zero-order chi connectivity index (χ0) is 11.5. The second-order valence-electron chi connectivity index (χ2n) is 3.94. The second kappa shape index (κ2) is 4.31. The van der Waals surface area contributed by atoms with Gasteiger partial charge in [0.25, 0.3) is 0 Å². The van der Waals surface area contributed by atoms with Crippen LogP contribution < -0.4 is 11.1 Å². The summed E-state index contributed by atoms with van der Waals surface area (Å²) in [5.41, 5.74) is 7.43. The van der Waals surface area contributed by atoms with Crippen LogP contribution in [0.25, 0.3) is 0 Å². The molecule has 0 aliphatic rings. The monoisotopic (exact) mass is 216 g/mol. The topological polar surface area (TPSA) is 51.2 Å². The Bertz CT molecular complexity index is 459. The highest BCUT2D eigenvalue weighted by Crippen LogP contribution is 2.21. The normalized spacial score (nSPS) is 12.4. The van der Waals surface area contributed by atoms with E-state index < -0.39 is 0 Å². The molecule has 1 heterocycles. The Hall–Kier alpha value is -1.90. The average Bonchev–Trinajstić information content (AvgIpc) is 2.68. The lowest BCUT2D eigenvalue weighted by Gasteiger charge is -2.12. The first-order valence-corrected chi connectivity index (χ1v) is 5.33. The Morgan fingerprint density at radius 3 is 2.38 bits per heavy atom. The van der Waals surface area contributed by atoms with Crippen molar-refractivity contribution in [2.45, 2.75) is 19.9 Å². The number of nitrogens with one attached hydrogen (secondary N) is 1. The minimum Gasteiger partial charge on any atom is -0.464 e. The molecule has 16 heavy (non-hydrogen) atoms. The molecule has 1 aromatic heterocycles. The number of hydrogen-bond donors (Lipinski definition) is 2. The van der Waals surface area contributed by atoms with Crippen molar-refractivity contribution in [2.24, 2.45) is 0 Å². The summed E-state index contributed by atoms with van der Waals surface area (Å²) in [6.07, 6.45) is 0. The third-order valence-corrected chi connectivity index (χ3v) is 2.48. The molecule has 3 N–H and O–H groups in total. The van der Waals surface area contributed by atoms with Crippen LogP contribution in [0.2, 0.25) is 0 Å². The highest BCUT2D eigenvalue weighted by Gasteiger charge is 2.08. The summed E-state index contributed by atoms with van der Waals surface area (Å²) >= 11 is 0. The Balaban J connectivity index is 2.07. The minimum absolute atomic E-state index is 0.150. The van der Waals surface area contributed by atoms with Gasteiger partial charge >= 0.3 is 0 Å². The standard InChI is InChI=1S/C13H16N2O/c1-9-3-8-13(16-9)10(2)15-12-6-4-11(14)5-7-12/h3-8,10,15H,14H2,1-2H3. The number of hydrogen-bond acceptors (Lipinski definition) is 3. The summed E-state index contributed by atoms with van der Waals surface area (Å²) in [6, 6.07) is 11.8. The quantitative estimate of drug-likeness (QED) is 0.773. The van der Waals surface area contributed by atoms with Gasteiger partial charge in [-0.05, 0) is 50.2 Å². The van der Waals surface area contributed by atoms with Gasteiger partial charge < -0.3 is 15.5 Å². The van der Waals surface area contributed by atoms with Crippen molar-refractivity contribution >= 4 is 11.4 Å². The van der Waals surface area contributed by atoms with Crippen molar-refractivity contribution in [3.63, 3.8) is 0 Å². The van der Waals surface area contributed by atoms with Gasteiger partial charge in [-0.25, -0.2) is 0 Å². The Morgan fingerprint density at radius 1 is 1.12 bits per heavy atom. The molecular weight excluding hydrogens is 200 g/mol. The first-order valence-electron chi connectivity index (χ1n) is 5.33. The van der Waals surface area contributed by atoms with Crippen LogP contribution in [-0.4, -0.2) is 0 Å². The van der Waals surface area contributed by atoms with Crippen LogP contribution in [0.1, 0.15) is 24.5 Å². The van der Waals surface area contributed by atoms with Crippen LogP contribution in [-0.2, 0) is 0 Å².